The third kappa shape index (κ3) is 4.54. The lowest BCUT2D eigenvalue weighted by Crippen LogP contribution is -2.22. The van der Waals surface area contributed by atoms with Crippen LogP contribution in [-0.4, -0.2) is 24.5 Å². The zero-order valence-corrected chi connectivity index (χ0v) is 19.8. The maximum Gasteiger partial charge on any atom is 0.251 e. The fraction of sp³-hybridized carbons (Fsp3) is 0.267. The van der Waals surface area contributed by atoms with E-state index in [1.54, 1.807) is 7.05 Å². The molecule has 3 aromatic carbocycles. The molecule has 2 unspecified atom stereocenters. The van der Waals surface area contributed by atoms with Gasteiger partial charge in [-0.1, -0.05) is 43.3 Å². The minimum Gasteiger partial charge on any atom is -0.493 e. The summed E-state index contributed by atoms with van der Waals surface area (Å²) in [6.45, 7) is 3.10. The smallest absolute Gasteiger partial charge is 0.251 e. The van der Waals surface area contributed by atoms with Crippen LogP contribution < -0.4 is 10.1 Å². The lowest BCUT2D eigenvalue weighted by molar-refractivity contribution is 0.0963. The molecular formula is C30H30N2O2. The van der Waals surface area contributed by atoms with Crippen LogP contribution in [0.5, 0.6) is 5.75 Å². The van der Waals surface area contributed by atoms with Crippen LogP contribution in [-0.2, 0) is 12.8 Å². The van der Waals surface area contributed by atoms with Gasteiger partial charge in [-0.05, 0) is 89.8 Å². The number of pyridine rings is 1. The second-order valence-electron chi connectivity index (χ2n) is 9.25. The number of benzene rings is 3. The lowest BCUT2D eigenvalue weighted by atomic mass is 9.80. The van der Waals surface area contributed by atoms with Crippen molar-refractivity contribution in [1.29, 1.82) is 0 Å². The van der Waals surface area contributed by atoms with Crippen molar-refractivity contribution < 1.29 is 9.53 Å². The van der Waals surface area contributed by atoms with Crippen molar-refractivity contribution in [3.8, 4) is 16.9 Å². The van der Waals surface area contributed by atoms with Crippen LogP contribution in [0.15, 0.2) is 79.0 Å². The second-order valence-corrected chi connectivity index (χ2v) is 9.25. The summed E-state index contributed by atoms with van der Waals surface area (Å²) < 4.78 is 6.22. The predicted molar refractivity (Wildman–Crippen MR) is 137 cm³/mol. The van der Waals surface area contributed by atoms with Crippen LogP contribution in [0.3, 0.4) is 0 Å². The molecule has 5 rings (SSSR count). The summed E-state index contributed by atoms with van der Waals surface area (Å²) in [5.74, 6) is 1.99. The molecule has 4 heteroatoms. The summed E-state index contributed by atoms with van der Waals surface area (Å²) in [7, 11) is 1.65. The molecule has 0 bridgehead atoms. The number of para-hydroxylation sites is 1. The molecule has 1 aliphatic rings. The number of aromatic nitrogens is 1. The Kier molecular flexibility index (Phi) is 6.31. The highest BCUT2D eigenvalue weighted by Crippen LogP contribution is 2.35. The van der Waals surface area contributed by atoms with E-state index in [1.165, 1.54) is 16.5 Å². The summed E-state index contributed by atoms with van der Waals surface area (Å²) in [5, 5.41) is 3.92. The Morgan fingerprint density at radius 3 is 2.65 bits per heavy atom. The molecule has 1 N–H and O–H groups in total. The van der Waals surface area contributed by atoms with Gasteiger partial charge in [0.1, 0.15) is 5.75 Å². The van der Waals surface area contributed by atoms with Crippen molar-refractivity contribution in [2.45, 2.75) is 26.2 Å². The highest BCUT2D eigenvalue weighted by molar-refractivity contribution is 5.94. The zero-order chi connectivity index (χ0) is 23.5. The Morgan fingerprint density at radius 1 is 1.03 bits per heavy atom. The molecule has 4 nitrogen and oxygen atoms in total. The minimum absolute atomic E-state index is 0.0695. The fourth-order valence-electron chi connectivity index (χ4n) is 5.05. The van der Waals surface area contributed by atoms with Gasteiger partial charge in [0, 0.05) is 24.2 Å². The monoisotopic (exact) mass is 450 g/mol. The van der Waals surface area contributed by atoms with Crippen LogP contribution in [0.25, 0.3) is 22.0 Å². The van der Waals surface area contributed by atoms with Gasteiger partial charge in [-0.25, -0.2) is 0 Å². The standard InChI is InChI=1S/C30H30N2O2/c1-20-17-26-19-24(21-7-9-22(10-8-21)30(33)31-2)11-12-29(26)34-16-14-23(20)18-25-13-15-32-28-6-4-3-5-27(25)28/h3-13,15,19-20,23H,14,16-18H2,1-2H3,(H,31,33). The van der Waals surface area contributed by atoms with E-state index >= 15 is 0 Å². The summed E-state index contributed by atoms with van der Waals surface area (Å²) in [6, 6.07) is 24.8. The largest absolute Gasteiger partial charge is 0.493 e. The van der Waals surface area contributed by atoms with Gasteiger partial charge in [-0.15, -0.1) is 0 Å². The highest BCUT2D eigenvalue weighted by atomic mass is 16.5. The minimum atomic E-state index is -0.0695. The second kappa shape index (κ2) is 9.68. The number of carbonyl (C=O) groups is 1. The number of hydrogen-bond acceptors (Lipinski definition) is 3. The topological polar surface area (TPSA) is 51.2 Å². The normalized spacial score (nSPS) is 17.8. The molecule has 1 aromatic heterocycles. The van der Waals surface area contributed by atoms with E-state index in [2.05, 4.69) is 59.7 Å². The molecule has 1 amide bonds. The molecule has 172 valence electrons. The first-order valence-corrected chi connectivity index (χ1v) is 12.0. The molecule has 0 radical (unpaired) electrons. The number of nitrogens with one attached hydrogen (secondary N) is 1. The Labute approximate surface area is 201 Å². The van der Waals surface area contributed by atoms with Crippen LogP contribution in [0.4, 0.5) is 0 Å². The zero-order valence-electron chi connectivity index (χ0n) is 19.8. The van der Waals surface area contributed by atoms with E-state index in [1.807, 2.05) is 36.5 Å². The number of amides is 1. The predicted octanol–water partition coefficient (Wildman–Crippen LogP) is 6.08. The molecule has 1 aliphatic heterocycles. The van der Waals surface area contributed by atoms with Crippen molar-refractivity contribution in [1.82, 2.24) is 10.3 Å². The average molecular weight is 451 g/mol. The van der Waals surface area contributed by atoms with E-state index in [0.29, 0.717) is 17.4 Å². The van der Waals surface area contributed by atoms with Crippen LogP contribution in [0.1, 0.15) is 34.8 Å². The fourth-order valence-corrected chi connectivity index (χ4v) is 5.05. The number of carbonyl (C=O) groups excluding carboxylic acids is 1. The van der Waals surface area contributed by atoms with Gasteiger partial charge < -0.3 is 10.1 Å². The molecule has 4 aromatic rings. The number of rotatable bonds is 4. The third-order valence-electron chi connectivity index (χ3n) is 7.08. The molecule has 0 aliphatic carbocycles. The molecule has 34 heavy (non-hydrogen) atoms. The van der Waals surface area contributed by atoms with Crippen LogP contribution in [0, 0.1) is 11.8 Å². The third-order valence-corrected chi connectivity index (χ3v) is 7.08. The van der Waals surface area contributed by atoms with Crippen molar-refractivity contribution in [2.24, 2.45) is 11.8 Å². The molecule has 0 saturated heterocycles. The molecular weight excluding hydrogens is 420 g/mol. The molecule has 2 atom stereocenters. The highest BCUT2D eigenvalue weighted by Gasteiger charge is 2.23. The molecule has 2 heterocycles. The first-order valence-electron chi connectivity index (χ1n) is 12.0. The maximum absolute atomic E-state index is 11.9. The van der Waals surface area contributed by atoms with Gasteiger partial charge in [0.15, 0.2) is 0 Å². The average Bonchev–Trinajstić information content (AvgIpc) is 2.87. The van der Waals surface area contributed by atoms with E-state index in [9.17, 15) is 4.79 Å². The Morgan fingerprint density at radius 2 is 1.82 bits per heavy atom. The molecule has 0 spiro atoms. The number of nitrogens with zero attached hydrogens (tertiary/aromatic N) is 1. The maximum atomic E-state index is 11.9. The van der Waals surface area contributed by atoms with Gasteiger partial charge in [0.25, 0.3) is 5.91 Å². The van der Waals surface area contributed by atoms with Crippen molar-refractivity contribution in [3.05, 3.63) is 95.7 Å². The SMILES string of the molecule is CNC(=O)c1ccc(-c2ccc3c(c2)CC(C)C(Cc2ccnc4ccccc24)CCO3)cc1. The van der Waals surface area contributed by atoms with Crippen molar-refractivity contribution >= 4 is 16.8 Å². The van der Waals surface area contributed by atoms with Crippen LogP contribution >= 0.6 is 0 Å². The van der Waals surface area contributed by atoms with Gasteiger partial charge in [-0.3, -0.25) is 9.78 Å². The Hall–Kier alpha value is -3.66. The van der Waals surface area contributed by atoms with E-state index in [0.717, 1.165) is 48.3 Å². The van der Waals surface area contributed by atoms with Crippen molar-refractivity contribution in [3.63, 3.8) is 0 Å². The first-order chi connectivity index (χ1) is 16.6. The molecule has 0 saturated carbocycles. The van der Waals surface area contributed by atoms with Gasteiger partial charge in [-0.2, -0.15) is 0 Å². The van der Waals surface area contributed by atoms with Crippen molar-refractivity contribution in [2.75, 3.05) is 13.7 Å². The van der Waals surface area contributed by atoms with Gasteiger partial charge in [0.2, 0.25) is 0 Å². The van der Waals surface area contributed by atoms with Gasteiger partial charge in [0.05, 0.1) is 12.1 Å². The summed E-state index contributed by atoms with van der Waals surface area (Å²) in [6.07, 6.45) is 4.98. The first kappa shape index (κ1) is 22.1. The molecule has 0 fully saturated rings. The quantitative estimate of drug-likeness (QED) is 0.410. The van der Waals surface area contributed by atoms with Crippen LogP contribution in [0.2, 0.25) is 0 Å². The van der Waals surface area contributed by atoms with E-state index < -0.39 is 0 Å². The number of fused-ring (bicyclic) bond motifs is 2. The number of hydrogen-bond donors (Lipinski definition) is 1. The summed E-state index contributed by atoms with van der Waals surface area (Å²) in [4.78, 5) is 16.4. The lowest BCUT2D eigenvalue weighted by Gasteiger charge is -2.28. The Bertz CT molecular complexity index is 1310. The number of ether oxygens (including phenoxy) is 1. The Balaban J connectivity index is 1.38. The summed E-state index contributed by atoms with van der Waals surface area (Å²) in [5.41, 5.74) is 6.60. The summed E-state index contributed by atoms with van der Waals surface area (Å²) >= 11 is 0. The van der Waals surface area contributed by atoms with Gasteiger partial charge >= 0.3 is 0 Å². The van der Waals surface area contributed by atoms with E-state index in [4.69, 9.17) is 4.74 Å². The van der Waals surface area contributed by atoms with E-state index in [-0.39, 0.29) is 5.91 Å².